The van der Waals surface area contributed by atoms with Gasteiger partial charge < -0.3 is 24.8 Å². The molecule has 7 nitrogen and oxygen atoms in total. The van der Waals surface area contributed by atoms with Gasteiger partial charge in [0.1, 0.15) is 12.2 Å². The third-order valence-corrected chi connectivity index (χ3v) is 4.62. The van der Waals surface area contributed by atoms with Gasteiger partial charge >= 0.3 is 11.9 Å². The first-order valence-corrected chi connectivity index (χ1v) is 9.16. The number of aliphatic hydroxyl groups excluding tert-OH is 3. The highest BCUT2D eigenvalue weighted by molar-refractivity contribution is 5.90. The second-order valence-electron chi connectivity index (χ2n) is 6.77. The Balaban J connectivity index is 1.85. The number of aliphatic hydroxyl groups is 3. The molecule has 3 N–H and O–H groups in total. The van der Waals surface area contributed by atoms with Crippen molar-refractivity contribution in [2.24, 2.45) is 0 Å². The number of hydrogen-bond donors (Lipinski definition) is 3. The van der Waals surface area contributed by atoms with Gasteiger partial charge in [0.05, 0.1) is 17.2 Å². The topological polar surface area (TPSA) is 113 Å². The summed E-state index contributed by atoms with van der Waals surface area (Å²) in [6, 6.07) is 16.3. The fourth-order valence-corrected chi connectivity index (χ4v) is 3.09. The van der Waals surface area contributed by atoms with E-state index in [1.54, 1.807) is 60.7 Å². The number of benzene rings is 2. The third kappa shape index (κ3) is 4.71. The molecule has 0 fully saturated rings. The molecule has 5 atom stereocenters. The zero-order valence-corrected chi connectivity index (χ0v) is 15.7. The molecule has 2 aromatic carbocycles. The average molecular weight is 398 g/mol. The van der Waals surface area contributed by atoms with Crippen molar-refractivity contribution >= 4 is 11.9 Å². The summed E-state index contributed by atoms with van der Waals surface area (Å²) in [5.41, 5.74) is 0.591. The quantitative estimate of drug-likeness (QED) is 0.499. The van der Waals surface area contributed by atoms with Crippen LogP contribution in [0, 0.1) is 0 Å². The van der Waals surface area contributed by atoms with Gasteiger partial charge in [-0.25, -0.2) is 9.59 Å². The summed E-state index contributed by atoms with van der Waals surface area (Å²) < 4.78 is 10.9. The molecule has 0 amide bonds. The maximum atomic E-state index is 12.5. The van der Waals surface area contributed by atoms with Crippen molar-refractivity contribution in [3.63, 3.8) is 0 Å². The summed E-state index contributed by atoms with van der Waals surface area (Å²) in [5, 5.41) is 30.5. The Morgan fingerprint density at radius 1 is 0.862 bits per heavy atom. The first kappa shape index (κ1) is 20.7. The van der Waals surface area contributed by atoms with Gasteiger partial charge in [0.2, 0.25) is 0 Å². The minimum Gasteiger partial charge on any atom is -0.451 e. The minimum absolute atomic E-state index is 0.0719. The van der Waals surface area contributed by atoms with E-state index in [-0.39, 0.29) is 16.7 Å². The standard InChI is InChI=1S/C22H22O7/c1-13(23)18(25)16-12-17(24)20(29-22(27)15-10-6-3-7-11-15)19(16)28-21(26)14-8-4-2-5-9-14/h2-13,17-20,23-25H,1H3/t13?,17-,18?,19+,20+/m0/s1. The van der Waals surface area contributed by atoms with Gasteiger partial charge in [-0.3, -0.25) is 0 Å². The summed E-state index contributed by atoms with van der Waals surface area (Å²) in [5.74, 6) is -1.43. The molecule has 0 spiro atoms. The third-order valence-electron chi connectivity index (χ3n) is 4.62. The molecule has 29 heavy (non-hydrogen) atoms. The number of carbonyl (C=O) groups excluding carboxylic acids is 2. The second-order valence-corrected chi connectivity index (χ2v) is 6.77. The molecule has 0 bridgehead atoms. The van der Waals surface area contributed by atoms with Gasteiger partial charge in [-0.05, 0) is 37.3 Å². The lowest BCUT2D eigenvalue weighted by molar-refractivity contribution is -0.0556. The SMILES string of the molecule is CC(O)C(O)C1=C[C@H](O)[C@@H](OC(=O)c2ccccc2)[C@@H]1OC(=O)c1ccccc1. The monoisotopic (exact) mass is 398 g/mol. The lowest BCUT2D eigenvalue weighted by Gasteiger charge is -2.27. The normalized spacial score (nSPS) is 23.0. The molecule has 0 radical (unpaired) electrons. The van der Waals surface area contributed by atoms with Crippen LogP contribution in [0.4, 0.5) is 0 Å². The molecule has 152 valence electrons. The van der Waals surface area contributed by atoms with E-state index < -0.39 is 42.5 Å². The van der Waals surface area contributed by atoms with Crippen LogP contribution in [0.3, 0.4) is 0 Å². The Morgan fingerprint density at radius 2 is 1.34 bits per heavy atom. The van der Waals surface area contributed by atoms with Gasteiger partial charge in [0, 0.05) is 5.57 Å². The number of rotatable bonds is 6. The van der Waals surface area contributed by atoms with Crippen LogP contribution in [0.25, 0.3) is 0 Å². The van der Waals surface area contributed by atoms with Crippen LogP contribution in [0.2, 0.25) is 0 Å². The summed E-state index contributed by atoms with van der Waals surface area (Å²) >= 11 is 0. The van der Waals surface area contributed by atoms with Crippen LogP contribution in [-0.2, 0) is 9.47 Å². The Labute approximate surface area is 167 Å². The van der Waals surface area contributed by atoms with Crippen LogP contribution in [0.1, 0.15) is 27.6 Å². The molecule has 2 unspecified atom stereocenters. The Hall–Kier alpha value is -3.00. The van der Waals surface area contributed by atoms with E-state index in [0.29, 0.717) is 0 Å². The second kappa shape index (κ2) is 9.00. The highest BCUT2D eigenvalue weighted by Gasteiger charge is 2.45. The minimum atomic E-state index is -1.40. The zero-order valence-electron chi connectivity index (χ0n) is 15.7. The summed E-state index contributed by atoms with van der Waals surface area (Å²) in [7, 11) is 0. The Morgan fingerprint density at radius 3 is 1.83 bits per heavy atom. The van der Waals surface area contributed by atoms with Gasteiger partial charge in [-0.1, -0.05) is 36.4 Å². The zero-order chi connectivity index (χ0) is 21.0. The lowest BCUT2D eigenvalue weighted by atomic mass is 10.0. The fourth-order valence-electron chi connectivity index (χ4n) is 3.09. The molecule has 0 heterocycles. The Kier molecular flexibility index (Phi) is 6.43. The number of ether oxygens (including phenoxy) is 2. The van der Waals surface area contributed by atoms with Crippen LogP contribution < -0.4 is 0 Å². The maximum Gasteiger partial charge on any atom is 0.338 e. The van der Waals surface area contributed by atoms with Crippen LogP contribution in [0.15, 0.2) is 72.3 Å². The maximum absolute atomic E-state index is 12.5. The van der Waals surface area contributed by atoms with Crippen molar-refractivity contribution in [1.82, 2.24) is 0 Å². The molecule has 0 aliphatic heterocycles. The molecule has 0 saturated heterocycles. The first-order valence-electron chi connectivity index (χ1n) is 9.16. The van der Waals surface area contributed by atoms with Crippen molar-refractivity contribution < 1.29 is 34.4 Å². The predicted molar refractivity (Wildman–Crippen MR) is 103 cm³/mol. The van der Waals surface area contributed by atoms with Crippen LogP contribution in [0.5, 0.6) is 0 Å². The van der Waals surface area contributed by atoms with E-state index in [9.17, 15) is 24.9 Å². The molecule has 7 heteroatoms. The van der Waals surface area contributed by atoms with E-state index >= 15 is 0 Å². The molecule has 0 aromatic heterocycles. The summed E-state index contributed by atoms with van der Waals surface area (Å²) in [6.07, 6.45) is -5.19. The van der Waals surface area contributed by atoms with E-state index in [4.69, 9.17) is 9.47 Å². The van der Waals surface area contributed by atoms with Crippen molar-refractivity contribution in [2.75, 3.05) is 0 Å². The van der Waals surface area contributed by atoms with E-state index in [0.717, 1.165) is 0 Å². The largest absolute Gasteiger partial charge is 0.451 e. The van der Waals surface area contributed by atoms with Crippen molar-refractivity contribution in [2.45, 2.75) is 37.4 Å². The molecular weight excluding hydrogens is 376 g/mol. The Bertz CT molecular complexity index is 877. The highest BCUT2D eigenvalue weighted by atomic mass is 16.6. The van der Waals surface area contributed by atoms with Crippen LogP contribution in [-0.4, -0.2) is 57.8 Å². The van der Waals surface area contributed by atoms with Crippen molar-refractivity contribution in [3.8, 4) is 0 Å². The first-order chi connectivity index (χ1) is 13.9. The van der Waals surface area contributed by atoms with Gasteiger partial charge in [0.25, 0.3) is 0 Å². The van der Waals surface area contributed by atoms with E-state index in [2.05, 4.69) is 0 Å². The fraction of sp³-hybridized carbons (Fsp3) is 0.273. The molecule has 3 rings (SSSR count). The summed E-state index contributed by atoms with van der Waals surface area (Å²) in [4.78, 5) is 25.0. The number of esters is 2. The predicted octanol–water partition coefficient (Wildman–Crippen LogP) is 1.48. The lowest BCUT2D eigenvalue weighted by Crippen LogP contribution is -2.42. The van der Waals surface area contributed by atoms with Crippen LogP contribution >= 0.6 is 0 Å². The number of carbonyl (C=O) groups is 2. The number of hydrogen-bond acceptors (Lipinski definition) is 7. The van der Waals surface area contributed by atoms with Gasteiger partial charge in [0.15, 0.2) is 12.2 Å². The molecule has 2 aromatic rings. The van der Waals surface area contributed by atoms with E-state index in [1.807, 2.05) is 0 Å². The highest BCUT2D eigenvalue weighted by Crippen LogP contribution is 2.31. The molecule has 1 aliphatic rings. The van der Waals surface area contributed by atoms with Crippen molar-refractivity contribution in [1.29, 1.82) is 0 Å². The van der Waals surface area contributed by atoms with Crippen molar-refractivity contribution in [3.05, 3.63) is 83.4 Å². The smallest absolute Gasteiger partial charge is 0.338 e. The van der Waals surface area contributed by atoms with Gasteiger partial charge in [-0.2, -0.15) is 0 Å². The molecule has 1 aliphatic carbocycles. The van der Waals surface area contributed by atoms with E-state index in [1.165, 1.54) is 13.0 Å². The average Bonchev–Trinajstić information content (AvgIpc) is 3.03. The molecular formula is C22H22O7. The van der Waals surface area contributed by atoms with Gasteiger partial charge in [-0.15, -0.1) is 0 Å². The summed E-state index contributed by atoms with van der Waals surface area (Å²) in [6.45, 7) is 1.36. The molecule has 0 saturated carbocycles.